The highest BCUT2D eigenvalue weighted by atomic mass is 14.8. The highest BCUT2D eigenvalue weighted by molar-refractivity contribution is 5.27. The molecule has 0 bridgehead atoms. The maximum Gasteiger partial charge on any atom is -0.00462 e. The van der Waals surface area contributed by atoms with Crippen LogP contribution in [0.5, 0.6) is 0 Å². The highest BCUT2D eigenvalue weighted by Gasteiger charge is 2.15. The molecule has 0 aromatic heterocycles. The average molecular weight is 245 g/mol. The number of benzene rings is 1. The van der Waals surface area contributed by atoms with Gasteiger partial charge in [-0.15, -0.1) is 0 Å². The molecule has 1 saturated heterocycles. The summed E-state index contributed by atoms with van der Waals surface area (Å²) in [6, 6.07) is 9.28. The first-order chi connectivity index (χ1) is 8.55. The minimum absolute atomic E-state index is 0.269. The lowest BCUT2D eigenvalue weighted by Crippen LogP contribution is -2.14. The standard InChI is InChI=1S/C17H27N/c1-17(2,3)16-8-6-15(7-9-16)13-14-5-4-11-18-12-10-14/h6-9,14,18H,4-5,10-13H2,1-3H3. The van der Waals surface area contributed by atoms with Crippen LogP contribution in [0, 0.1) is 5.92 Å². The third kappa shape index (κ3) is 3.84. The second-order valence-electron chi connectivity index (χ2n) is 6.70. The molecule has 1 aliphatic rings. The van der Waals surface area contributed by atoms with Gasteiger partial charge in [-0.3, -0.25) is 0 Å². The number of nitrogens with one attached hydrogen (secondary N) is 1. The summed E-state index contributed by atoms with van der Waals surface area (Å²) in [6.45, 7) is 9.24. The quantitative estimate of drug-likeness (QED) is 0.833. The van der Waals surface area contributed by atoms with E-state index in [-0.39, 0.29) is 5.41 Å². The maximum absolute atomic E-state index is 3.49. The van der Waals surface area contributed by atoms with E-state index < -0.39 is 0 Å². The molecule has 1 aromatic rings. The Hall–Kier alpha value is -0.820. The van der Waals surface area contributed by atoms with Crippen molar-refractivity contribution in [2.45, 2.75) is 51.9 Å². The van der Waals surface area contributed by atoms with Gasteiger partial charge in [0.1, 0.15) is 0 Å². The van der Waals surface area contributed by atoms with Crippen molar-refractivity contribution in [3.8, 4) is 0 Å². The first-order valence-electron chi connectivity index (χ1n) is 7.36. The predicted molar refractivity (Wildman–Crippen MR) is 79.1 cm³/mol. The second kappa shape index (κ2) is 5.88. The highest BCUT2D eigenvalue weighted by Crippen LogP contribution is 2.24. The molecular weight excluding hydrogens is 218 g/mol. The fourth-order valence-corrected chi connectivity index (χ4v) is 2.77. The Morgan fingerprint density at radius 3 is 2.44 bits per heavy atom. The molecule has 0 aliphatic carbocycles. The lowest BCUT2D eigenvalue weighted by Gasteiger charge is -2.20. The zero-order valence-corrected chi connectivity index (χ0v) is 12.1. The zero-order valence-electron chi connectivity index (χ0n) is 12.1. The molecule has 1 N–H and O–H groups in total. The van der Waals surface area contributed by atoms with Gasteiger partial charge in [-0.2, -0.15) is 0 Å². The molecule has 1 nitrogen and oxygen atoms in total. The fourth-order valence-electron chi connectivity index (χ4n) is 2.77. The van der Waals surface area contributed by atoms with Crippen molar-refractivity contribution in [2.24, 2.45) is 5.92 Å². The van der Waals surface area contributed by atoms with E-state index in [1.165, 1.54) is 49.9 Å². The van der Waals surface area contributed by atoms with Crippen LogP contribution in [-0.2, 0) is 11.8 Å². The van der Waals surface area contributed by atoms with Crippen molar-refractivity contribution in [2.75, 3.05) is 13.1 Å². The summed E-state index contributed by atoms with van der Waals surface area (Å²) in [6.07, 6.45) is 5.31. The molecule has 1 heteroatoms. The molecular formula is C17H27N. The Labute approximate surface area is 112 Å². The summed E-state index contributed by atoms with van der Waals surface area (Å²) in [5, 5.41) is 3.49. The van der Waals surface area contributed by atoms with E-state index in [0.717, 1.165) is 5.92 Å². The van der Waals surface area contributed by atoms with E-state index in [4.69, 9.17) is 0 Å². The van der Waals surface area contributed by atoms with Gasteiger partial charge in [0, 0.05) is 0 Å². The molecule has 2 rings (SSSR count). The number of hydrogen-bond donors (Lipinski definition) is 1. The SMILES string of the molecule is CC(C)(C)c1ccc(CC2CCCNCC2)cc1. The maximum atomic E-state index is 3.49. The van der Waals surface area contributed by atoms with Crippen molar-refractivity contribution in [3.63, 3.8) is 0 Å². The Morgan fingerprint density at radius 2 is 1.78 bits per heavy atom. The molecule has 1 atom stereocenters. The van der Waals surface area contributed by atoms with Gasteiger partial charge in [-0.05, 0) is 61.2 Å². The van der Waals surface area contributed by atoms with E-state index >= 15 is 0 Å². The largest absolute Gasteiger partial charge is 0.317 e. The monoisotopic (exact) mass is 245 g/mol. The van der Waals surface area contributed by atoms with Gasteiger partial charge in [0.05, 0.1) is 0 Å². The van der Waals surface area contributed by atoms with Crippen LogP contribution in [0.25, 0.3) is 0 Å². The van der Waals surface area contributed by atoms with Gasteiger partial charge < -0.3 is 5.32 Å². The third-order valence-electron chi connectivity index (χ3n) is 4.04. The molecule has 18 heavy (non-hydrogen) atoms. The first-order valence-corrected chi connectivity index (χ1v) is 7.36. The lowest BCUT2D eigenvalue weighted by molar-refractivity contribution is 0.470. The summed E-state index contributed by atoms with van der Waals surface area (Å²) in [5.41, 5.74) is 3.22. The minimum Gasteiger partial charge on any atom is -0.317 e. The van der Waals surface area contributed by atoms with E-state index in [9.17, 15) is 0 Å². The van der Waals surface area contributed by atoms with Crippen LogP contribution >= 0.6 is 0 Å². The van der Waals surface area contributed by atoms with E-state index in [1.807, 2.05) is 0 Å². The Balaban J connectivity index is 1.97. The van der Waals surface area contributed by atoms with Crippen molar-refractivity contribution < 1.29 is 0 Å². The summed E-state index contributed by atoms with van der Waals surface area (Å²) in [7, 11) is 0. The molecule has 0 amide bonds. The molecule has 100 valence electrons. The lowest BCUT2D eigenvalue weighted by atomic mass is 9.85. The van der Waals surface area contributed by atoms with Crippen molar-refractivity contribution in [3.05, 3.63) is 35.4 Å². The summed E-state index contributed by atoms with van der Waals surface area (Å²) >= 11 is 0. The topological polar surface area (TPSA) is 12.0 Å². The van der Waals surface area contributed by atoms with Crippen LogP contribution in [0.1, 0.15) is 51.2 Å². The Morgan fingerprint density at radius 1 is 1.06 bits per heavy atom. The predicted octanol–water partition coefficient (Wildman–Crippen LogP) is 3.92. The van der Waals surface area contributed by atoms with Gasteiger partial charge in [-0.1, -0.05) is 45.0 Å². The molecule has 0 radical (unpaired) electrons. The summed E-state index contributed by atoms with van der Waals surface area (Å²) < 4.78 is 0. The minimum atomic E-state index is 0.269. The third-order valence-corrected chi connectivity index (χ3v) is 4.04. The van der Waals surface area contributed by atoms with Crippen LogP contribution in [-0.4, -0.2) is 13.1 Å². The summed E-state index contributed by atoms with van der Waals surface area (Å²) in [5.74, 6) is 0.875. The Kier molecular flexibility index (Phi) is 4.45. The first kappa shape index (κ1) is 13.6. The summed E-state index contributed by atoms with van der Waals surface area (Å²) in [4.78, 5) is 0. The molecule has 1 unspecified atom stereocenters. The smallest absolute Gasteiger partial charge is 0.00462 e. The second-order valence-corrected chi connectivity index (χ2v) is 6.70. The van der Waals surface area contributed by atoms with Crippen LogP contribution in [0.4, 0.5) is 0 Å². The molecule has 1 aliphatic heterocycles. The van der Waals surface area contributed by atoms with Gasteiger partial charge >= 0.3 is 0 Å². The van der Waals surface area contributed by atoms with Crippen LogP contribution < -0.4 is 5.32 Å². The van der Waals surface area contributed by atoms with Crippen molar-refractivity contribution in [1.29, 1.82) is 0 Å². The van der Waals surface area contributed by atoms with E-state index in [0.29, 0.717) is 0 Å². The van der Waals surface area contributed by atoms with Crippen LogP contribution in [0.3, 0.4) is 0 Å². The van der Waals surface area contributed by atoms with Gasteiger partial charge in [-0.25, -0.2) is 0 Å². The Bertz CT molecular complexity index is 350. The molecule has 1 heterocycles. The van der Waals surface area contributed by atoms with Gasteiger partial charge in [0.15, 0.2) is 0 Å². The van der Waals surface area contributed by atoms with Crippen molar-refractivity contribution >= 4 is 0 Å². The zero-order chi connectivity index (χ0) is 13.0. The molecule has 1 aromatic carbocycles. The molecule has 1 fully saturated rings. The normalized spacial score (nSPS) is 21.6. The number of rotatable bonds is 2. The molecule has 0 spiro atoms. The van der Waals surface area contributed by atoms with E-state index in [2.05, 4.69) is 50.4 Å². The fraction of sp³-hybridized carbons (Fsp3) is 0.647. The van der Waals surface area contributed by atoms with E-state index in [1.54, 1.807) is 0 Å². The molecule has 0 saturated carbocycles. The number of hydrogen-bond acceptors (Lipinski definition) is 1. The van der Waals surface area contributed by atoms with Crippen LogP contribution in [0.15, 0.2) is 24.3 Å². The van der Waals surface area contributed by atoms with Crippen molar-refractivity contribution in [1.82, 2.24) is 5.32 Å². The van der Waals surface area contributed by atoms with Gasteiger partial charge in [0.25, 0.3) is 0 Å². The average Bonchev–Trinajstić information content (AvgIpc) is 2.57. The van der Waals surface area contributed by atoms with Gasteiger partial charge in [0.2, 0.25) is 0 Å². The van der Waals surface area contributed by atoms with Crippen LogP contribution in [0.2, 0.25) is 0 Å².